The van der Waals surface area contributed by atoms with Crippen LogP contribution in [0.5, 0.6) is 0 Å². The minimum Gasteiger partial charge on any atom is -0.351 e. The first-order valence-corrected chi connectivity index (χ1v) is 17.7. The van der Waals surface area contributed by atoms with Gasteiger partial charge in [-0.3, -0.25) is 14.4 Å². The monoisotopic (exact) mass is 658 g/mol. The number of nitrogens with two attached hydrogens (primary N) is 2. The van der Waals surface area contributed by atoms with Gasteiger partial charge in [0.25, 0.3) is 0 Å². The van der Waals surface area contributed by atoms with Gasteiger partial charge in [-0.15, -0.1) is 0 Å². The molecule has 2 amide bonds. The highest BCUT2D eigenvalue weighted by atomic mass is 32.2. The van der Waals surface area contributed by atoms with Gasteiger partial charge in [0.2, 0.25) is 21.8 Å². The molecule has 0 saturated heterocycles. The Hall–Kier alpha value is -3.16. The zero-order valence-corrected chi connectivity index (χ0v) is 28.7. The SMILES string of the molecule is CC(=O)C(Cc1ccccc1)NC(=O)CN(CC(CCCCN)NC(=O)C(CCCCN)NC(C)C)S(=O)(=O)c1ccc(C)cc1. The van der Waals surface area contributed by atoms with E-state index in [-0.39, 0.29) is 35.6 Å². The Bertz CT molecular complexity index is 1320. The van der Waals surface area contributed by atoms with E-state index >= 15 is 0 Å². The maximum absolute atomic E-state index is 14.0. The number of ketones is 1. The topological polar surface area (TPSA) is 177 Å². The second-order valence-corrected chi connectivity index (χ2v) is 14.1. The van der Waals surface area contributed by atoms with E-state index in [9.17, 15) is 22.8 Å². The molecular weight excluding hydrogens is 604 g/mol. The molecule has 3 atom stereocenters. The number of nitrogens with one attached hydrogen (secondary N) is 3. The van der Waals surface area contributed by atoms with Crippen LogP contribution in [0, 0.1) is 6.92 Å². The first-order chi connectivity index (χ1) is 21.9. The van der Waals surface area contributed by atoms with Crippen LogP contribution in [0.2, 0.25) is 0 Å². The summed E-state index contributed by atoms with van der Waals surface area (Å²) in [6.07, 6.45) is 4.22. The molecule has 2 rings (SSSR count). The molecule has 46 heavy (non-hydrogen) atoms. The van der Waals surface area contributed by atoms with Gasteiger partial charge in [0.1, 0.15) is 0 Å². The van der Waals surface area contributed by atoms with E-state index in [2.05, 4.69) is 16.0 Å². The van der Waals surface area contributed by atoms with Gasteiger partial charge >= 0.3 is 0 Å². The molecule has 12 heteroatoms. The number of hydrogen-bond donors (Lipinski definition) is 5. The maximum Gasteiger partial charge on any atom is 0.243 e. The summed E-state index contributed by atoms with van der Waals surface area (Å²) < 4.78 is 29.1. The van der Waals surface area contributed by atoms with Gasteiger partial charge in [0.05, 0.1) is 23.5 Å². The Labute approximate surface area is 275 Å². The van der Waals surface area contributed by atoms with Crippen molar-refractivity contribution in [3.05, 3.63) is 65.7 Å². The van der Waals surface area contributed by atoms with Crippen molar-refractivity contribution in [3.63, 3.8) is 0 Å². The molecule has 0 aliphatic heterocycles. The fourth-order valence-corrected chi connectivity index (χ4v) is 6.57. The third-order valence-electron chi connectivity index (χ3n) is 7.66. The van der Waals surface area contributed by atoms with Crippen LogP contribution < -0.4 is 27.4 Å². The highest BCUT2D eigenvalue weighted by Gasteiger charge is 2.32. The van der Waals surface area contributed by atoms with Crippen molar-refractivity contribution in [1.82, 2.24) is 20.3 Å². The van der Waals surface area contributed by atoms with Crippen LogP contribution in [0.1, 0.15) is 70.4 Å². The molecule has 11 nitrogen and oxygen atoms in total. The Morgan fingerprint density at radius 2 is 1.43 bits per heavy atom. The van der Waals surface area contributed by atoms with Gasteiger partial charge < -0.3 is 27.4 Å². The Kier molecular flexibility index (Phi) is 17.1. The van der Waals surface area contributed by atoms with E-state index < -0.39 is 40.6 Å². The minimum atomic E-state index is -4.16. The van der Waals surface area contributed by atoms with E-state index in [1.165, 1.54) is 19.1 Å². The number of carbonyl (C=O) groups excluding carboxylic acids is 3. The lowest BCUT2D eigenvalue weighted by Crippen LogP contribution is -2.54. The summed E-state index contributed by atoms with van der Waals surface area (Å²) in [5.74, 6) is -1.09. The van der Waals surface area contributed by atoms with Crippen molar-refractivity contribution in [1.29, 1.82) is 0 Å². The van der Waals surface area contributed by atoms with Gasteiger partial charge in [-0.2, -0.15) is 4.31 Å². The van der Waals surface area contributed by atoms with E-state index in [0.29, 0.717) is 38.8 Å². The normalized spacial score (nSPS) is 13.7. The molecule has 0 saturated carbocycles. The Morgan fingerprint density at radius 1 is 0.826 bits per heavy atom. The fourth-order valence-electron chi connectivity index (χ4n) is 5.13. The van der Waals surface area contributed by atoms with Gasteiger partial charge in [0.15, 0.2) is 5.78 Å². The number of carbonyl (C=O) groups is 3. The number of nitrogens with zero attached hydrogens (tertiary/aromatic N) is 1. The predicted molar refractivity (Wildman–Crippen MR) is 182 cm³/mol. The van der Waals surface area contributed by atoms with E-state index in [4.69, 9.17) is 11.5 Å². The Morgan fingerprint density at radius 3 is 2.00 bits per heavy atom. The number of amides is 2. The maximum atomic E-state index is 14.0. The molecule has 7 N–H and O–H groups in total. The first kappa shape index (κ1) is 39.0. The molecule has 0 fully saturated rings. The molecule has 0 aliphatic carbocycles. The average Bonchev–Trinajstić information content (AvgIpc) is 3.00. The number of benzene rings is 2. The summed E-state index contributed by atoms with van der Waals surface area (Å²) in [5, 5.41) is 9.12. The standard InChI is InChI=1S/C34H54N6O5S/c1-25(2)37-31(15-9-11-21-36)34(43)38-29(14-8-10-20-35)23-40(46(44,45)30-18-16-26(3)17-19-30)24-33(42)39-32(27(4)41)22-28-12-6-5-7-13-28/h5-7,12-13,16-19,25,29,31-32,37H,8-11,14-15,20-24,35-36H2,1-4H3,(H,38,43)(H,39,42). The largest absolute Gasteiger partial charge is 0.351 e. The lowest BCUT2D eigenvalue weighted by molar-refractivity contribution is -0.127. The average molecular weight is 659 g/mol. The number of hydrogen-bond acceptors (Lipinski definition) is 8. The molecule has 0 heterocycles. The van der Waals surface area contributed by atoms with Gasteiger partial charge in [-0.1, -0.05) is 74.7 Å². The number of aryl methyl sites for hydroxylation is 1. The Balaban J connectivity index is 2.37. The van der Waals surface area contributed by atoms with Gasteiger partial charge in [-0.25, -0.2) is 8.42 Å². The lowest BCUT2D eigenvalue weighted by Gasteiger charge is -2.30. The van der Waals surface area contributed by atoms with Crippen molar-refractivity contribution in [3.8, 4) is 0 Å². The summed E-state index contributed by atoms with van der Waals surface area (Å²) in [7, 11) is -4.16. The summed E-state index contributed by atoms with van der Waals surface area (Å²) in [6, 6.07) is 13.8. The lowest BCUT2D eigenvalue weighted by atomic mass is 10.0. The van der Waals surface area contributed by atoms with Crippen LogP contribution in [0.15, 0.2) is 59.5 Å². The highest BCUT2D eigenvalue weighted by molar-refractivity contribution is 7.89. The molecule has 0 aromatic heterocycles. The molecule has 0 bridgehead atoms. The molecule has 256 valence electrons. The predicted octanol–water partition coefficient (Wildman–Crippen LogP) is 2.41. The number of unbranched alkanes of at least 4 members (excludes halogenated alkanes) is 2. The van der Waals surface area contributed by atoms with Crippen molar-refractivity contribution in [2.75, 3.05) is 26.2 Å². The van der Waals surface area contributed by atoms with E-state index in [0.717, 1.165) is 28.3 Å². The molecule has 0 spiro atoms. The molecule has 0 aliphatic rings. The molecule has 2 aromatic rings. The quantitative estimate of drug-likeness (QED) is 0.120. The molecule has 2 aromatic carbocycles. The summed E-state index contributed by atoms with van der Waals surface area (Å²) >= 11 is 0. The second-order valence-electron chi connectivity index (χ2n) is 12.2. The number of Topliss-reactive ketones (excluding diaryl/α,β-unsaturated/α-hetero) is 1. The molecular formula is C34H54N6O5S. The minimum absolute atomic E-state index is 0.0338. The molecule has 3 unspecified atom stereocenters. The van der Waals surface area contributed by atoms with E-state index in [1.54, 1.807) is 12.1 Å². The number of sulfonamides is 1. The van der Waals surface area contributed by atoms with Crippen LogP contribution in [0.4, 0.5) is 0 Å². The van der Waals surface area contributed by atoms with Crippen molar-refractivity contribution in [2.45, 2.75) is 102 Å². The van der Waals surface area contributed by atoms with Crippen LogP contribution in [-0.4, -0.2) is 80.7 Å². The third-order valence-corrected chi connectivity index (χ3v) is 9.49. The number of rotatable bonds is 22. The zero-order chi connectivity index (χ0) is 34.1. The summed E-state index contributed by atoms with van der Waals surface area (Å²) in [4.78, 5) is 39.5. The van der Waals surface area contributed by atoms with Crippen molar-refractivity contribution >= 4 is 27.6 Å². The fraction of sp³-hybridized carbons (Fsp3) is 0.559. The summed E-state index contributed by atoms with van der Waals surface area (Å²) in [5.41, 5.74) is 13.2. The second kappa shape index (κ2) is 20.2. The van der Waals surface area contributed by atoms with Crippen molar-refractivity contribution in [2.24, 2.45) is 11.5 Å². The third kappa shape index (κ3) is 13.7. The smallest absolute Gasteiger partial charge is 0.243 e. The zero-order valence-electron chi connectivity index (χ0n) is 27.8. The van der Waals surface area contributed by atoms with Crippen LogP contribution in [0.3, 0.4) is 0 Å². The van der Waals surface area contributed by atoms with Crippen molar-refractivity contribution < 1.29 is 22.8 Å². The molecule has 0 radical (unpaired) electrons. The summed E-state index contributed by atoms with van der Waals surface area (Å²) in [6.45, 7) is 7.50. The highest BCUT2D eigenvalue weighted by Crippen LogP contribution is 2.18. The van der Waals surface area contributed by atoms with Crippen LogP contribution in [0.25, 0.3) is 0 Å². The van der Waals surface area contributed by atoms with Gasteiger partial charge in [-0.05, 0) is 76.7 Å². The first-order valence-electron chi connectivity index (χ1n) is 16.2. The van der Waals surface area contributed by atoms with Crippen LogP contribution >= 0.6 is 0 Å². The van der Waals surface area contributed by atoms with Gasteiger partial charge in [0, 0.05) is 18.6 Å². The van der Waals surface area contributed by atoms with Crippen LogP contribution in [-0.2, 0) is 30.8 Å². The van der Waals surface area contributed by atoms with E-state index in [1.807, 2.05) is 51.1 Å².